The van der Waals surface area contributed by atoms with Gasteiger partial charge in [0.15, 0.2) is 12.4 Å². The molecule has 0 saturated heterocycles. The van der Waals surface area contributed by atoms with E-state index in [-0.39, 0.29) is 19.0 Å². The lowest BCUT2D eigenvalue weighted by Gasteiger charge is -2.06. The van der Waals surface area contributed by atoms with Gasteiger partial charge in [-0.05, 0) is 36.4 Å². The van der Waals surface area contributed by atoms with Gasteiger partial charge in [-0.2, -0.15) is 0 Å². The summed E-state index contributed by atoms with van der Waals surface area (Å²) in [6, 6.07) is 14.5. The number of carbonyl (C=O) groups is 1. The van der Waals surface area contributed by atoms with Crippen LogP contribution in [0.1, 0.15) is 5.69 Å². The fourth-order valence-electron chi connectivity index (χ4n) is 2.18. The third kappa shape index (κ3) is 4.38. The van der Waals surface area contributed by atoms with E-state index in [1.807, 2.05) is 0 Å². The largest absolute Gasteiger partial charge is 0.497 e. The van der Waals surface area contributed by atoms with E-state index in [0.29, 0.717) is 22.8 Å². The predicted octanol–water partition coefficient (Wildman–Crippen LogP) is 3.61. The molecule has 0 aliphatic rings. The monoisotopic (exact) mass is 357 g/mol. The van der Waals surface area contributed by atoms with Crippen molar-refractivity contribution in [3.63, 3.8) is 0 Å². The molecule has 3 aromatic rings. The zero-order valence-corrected chi connectivity index (χ0v) is 14.0. The number of rotatable bonds is 7. The summed E-state index contributed by atoms with van der Waals surface area (Å²) in [6.45, 7) is -0.340. The number of carbonyl (C=O) groups excluding carboxylic acids is 1. The molecule has 7 heteroatoms. The molecule has 6 nitrogen and oxygen atoms in total. The zero-order valence-electron chi connectivity index (χ0n) is 14.0. The minimum atomic E-state index is -0.559. The van der Waals surface area contributed by atoms with Crippen molar-refractivity contribution in [1.29, 1.82) is 0 Å². The van der Waals surface area contributed by atoms with Crippen LogP contribution >= 0.6 is 0 Å². The smallest absolute Gasteiger partial charge is 0.344 e. The minimum absolute atomic E-state index is 0.0945. The summed E-state index contributed by atoms with van der Waals surface area (Å²) in [7, 11) is 1.56. The highest BCUT2D eigenvalue weighted by atomic mass is 19.1. The van der Waals surface area contributed by atoms with Crippen molar-refractivity contribution in [1.82, 2.24) is 5.16 Å². The van der Waals surface area contributed by atoms with Gasteiger partial charge >= 0.3 is 5.97 Å². The molecule has 0 bridgehead atoms. The number of hydrogen-bond acceptors (Lipinski definition) is 6. The van der Waals surface area contributed by atoms with Crippen LogP contribution < -0.4 is 9.47 Å². The Kier molecular flexibility index (Phi) is 5.48. The highest BCUT2D eigenvalue weighted by Gasteiger charge is 2.12. The van der Waals surface area contributed by atoms with Gasteiger partial charge in [-0.1, -0.05) is 17.3 Å². The van der Waals surface area contributed by atoms with Crippen molar-refractivity contribution in [3.05, 3.63) is 66.1 Å². The first-order chi connectivity index (χ1) is 12.7. The molecule has 0 aliphatic heterocycles. The summed E-state index contributed by atoms with van der Waals surface area (Å²) in [5.41, 5.74) is 0.668. The van der Waals surface area contributed by atoms with Gasteiger partial charge in [-0.3, -0.25) is 0 Å². The Morgan fingerprint density at radius 3 is 2.58 bits per heavy atom. The summed E-state index contributed by atoms with van der Waals surface area (Å²) in [6.07, 6.45) is 0. The second-order valence-electron chi connectivity index (χ2n) is 5.29. The maximum absolute atomic E-state index is 13.7. The van der Waals surface area contributed by atoms with E-state index >= 15 is 0 Å². The van der Waals surface area contributed by atoms with Crippen LogP contribution in [0.2, 0.25) is 0 Å². The average Bonchev–Trinajstić information content (AvgIpc) is 3.14. The summed E-state index contributed by atoms with van der Waals surface area (Å²) >= 11 is 0. The van der Waals surface area contributed by atoms with Crippen LogP contribution in [0.25, 0.3) is 11.3 Å². The topological polar surface area (TPSA) is 70.8 Å². The first-order valence-corrected chi connectivity index (χ1v) is 7.78. The lowest BCUT2D eigenvalue weighted by Crippen LogP contribution is -2.14. The SMILES string of the molecule is COc1ccc(OCC(=O)OCc2cc(-c3ccccc3F)on2)cc1. The highest BCUT2D eigenvalue weighted by Crippen LogP contribution is 2.23. The van der Waals surface area contributed by atoms with E-state index in [1.165, 1.54) is 12.1 Å². The van der Waals surface area contributed by atoms with Gasteiger partial charge in [0.25, 0.3) is 0 Å². The van der Waals surface area contributed by atoms with Crippen molar-refractivity contribution in [2.24, 2.45) is 0 Å². The van der Waals surface area contributed by atoms with Crippen LogP contribution in [-0.4, -0.2) is 24.8 Å². The third-order valence-corrected chi connectivity index (χ3v) is 3.50. The summed E-state index contributed by atoms with van der Waals surface area (Å²) in [5, 5.41) is 3.77. The maximum atomic E-state index is 13.7. The van der Waals surface area contributed by atoms with Crippen LogP contribution in [0.3, 0.4) is 0 Å². The van der Waals surface area contributed by atoms with E-state index in [9.17, 15) is 9.18 Å². The van der Waals surface area contributed by atoms with E-state index < -0.39 is 11.8 Å². The lowest BCUT2D eigenvalue weighted by atomic mass is 10.1. The van der Waals surface area contributed by atoms with E-state index in [1.54, 1.807) is 49.6 Å². The molecular formula is C19H16FNO5. The molecule has 0 spiro atoms. The maximum Gasteiger partial charge on any atom is 0.344 e. The Morgan fingerprint density at radius 1 is 1.12 bits per heavy atom. The van der Waals surface area contributed by atoms with Gasteiger partial charge in [-0.25, -0.2) is 9.18 Å². The molecule has 0 radical (unpaired) electrons. The number of ether oxygens (including phenoxy) is 3. The Bertz CT molecular complexity index is 876. The van der Waals surface area contributed by atoms with E-state index in [2.05, 4.69) is 5.16 Å². The van der Waals surface area contributed by atoms with Gasteiger partial charge < -0.3 is 18.7 Å². The van der Waals surface area contributed by atoms with Crippen molar-refractivity contribution in [2.45, 2.75) is 6.61 Å². The van der Waals surface area contributed by atoms with Gasteiger partial charge in [0.1, 0.15) is 29.6 Å². The number of benzene rings is 2. The van der Waals surface area contributed by atoms with E-state index in [0.717, 1.165) is 0 Å². The molecule has 0 amide bonds. The molecule has 26 heavy (non-hydrogen) atoms. The summed E-state index contributed by atoms with van der Waals surface area (Å²) in [4.78, 5) is 11.8. The fraction of sp³-hybridized carbons (Fsp3) is 0.158. The molecule has 1 heterocycles. The summed E-state index contributed by atoms with van der Waals surface area (Å²) in [5.74, 6) is 0.502. The minimum Gasteiger partial charge on any atom is -0.497 e. The molecule has 134 valence electrons. The quantitative estimate of drug-likeness (QED) is 0.602. The van der Waals surface area contributed by atoms with Gasteiger partial charge in [0.05, 0.1) is 12.7 Å². The molecular weight excluding hydrogens is 341 g/mol. The Hall–Kier alpha value is -3.35. The van der Waals surface area contributed by atoms with Crippen molar-refractivity contribution >= 4 is 5.97 Å². The number of methoxy groups -OCH3 is 1. The molecule has 3 rings (SSSR count). The molecule has 0 aliphatic carbocycles. The Balaban J connectivity index is 1.49. The first kappa shape index (κ1) is 17.5. The van der Waals surface area contributed by atoms with Gasteiger partial charge in [0.2, 0.25) is 0 Å². The molecule has 0 saturated carbocycles. The molecule has 1 aromatic heterocycles. The Labute approximate surface area is 149 Å². The van der Waals surface area contributed by atoms with Gasteiger partial charge in [-0.15, -0.1) is 0 Å². The Morgan fingerprint density at radius 2 is 1.85 bits per heavy atom. The number of esters is 1. The van der Waals surface area contributed by atoms with Crippen LogP contribution in [0, 0.1) is 5.82 Å². The van der Waals surface area contributed by atoms with Crippen molar-refractivity contribution in [3.8, 4) is 22.8 Å². The zero-order chi connectivity index (χ0) is 18.4. The summed E-state index contributed by atoms with van der Waals surface area (Å²) < 4.78 is 34.2. The van der Waals surface area contributed by atoms with Crippen molar-refractivity contribution < 1.29 is 27.9 Å². The predicted molar refractivity (Wildman–Crippen MR) is 90.2 cm³/mol. The first-order valence-electron chi connectivity index (χ1n) is 7.78. The van der Waals surface area contributed by atoms with E-state index in [4.69, 9.17) is 18.7 Å². The average molecular weight is 357 g/mol. The standard InChI is InChI=1S/C19H16FNO5/c1-23-14-6-8-15(9-7-14)24-12-19(22)25-11-13-10-18(26-21-13)16-4-2-3-5-17(16)20/h2-10H,11-12H2,1H3. The third-order valence-electron chi connectivity index (χ3n) is 3.50. The van der Waals surface area contributed by atoms with Crippen molar-refractivity contribution in [2.75, 3.05) is 13.7 Å². The number of hydrogen-bond donors (Lipinski definition) is 0. The van der Waals surface area contributed by atoms with Crippen LogP contribution in [0.5, 0.6) is 11.5 Å². The second kappa shape index (κ2) is 8.15. The van der Waals surface area contributed by atoms with Crippen LogP contribution in [0.15, 0.2) is 59.1 Å². The van der Waals surface area contributed by atoms with Crippen LogP contribution in [-0.2, 0) is 16.1 Å². The fourth-order valence-corrected chi connectivity index (χ4v) is 2.18. The normalized spacial score (nSPS) is 10.4. The molecule has 0 atom stereocenters. The molecule has 0 unspecified atom stereocenters. The highest BCUT2D eigenvalue weighted by molar-refractivity contribution is 5.71. The molecule has 0 fully saturated rings. The number of halogens is 1. The van der Waals surface area contributed by atoms with Gasteiger partial charge in [0, 0.05) is 6.07 Å². The number of aromatic nitrogens is 1. The lowest BCUT2D eigenvalue weighted by molar-refractivity contribution is -0.147. The number of nitrogens with zero attached hydrogens (tertiary/aromatic N) is 1. The second-order valence-corrected chi connectivity index (χ2v) is 5.29. The molecule has 0 N–H and O–H groups in total. The van der Waals surface area contributed by atoms with Crippen LogP contribution in [0.4, 0.5) is 4.39 Å². The molecule has 2 aromatic carbocycles.